The van der Waals surface area contributed by atoms with E-state index in [1.807, 2.05) is 0 Å². The lowest BCUT2D eigenvalue weighted by atomic mass is 10.0. The minimum atomic E-state index is -1.53. The molecule has 0 aromatic heterocycles. The number of ketones is 1. The summed E-state index contributed by atoms with van der Waals surface area (Å²) in [4.78, 5) is 33.9. The fourth-order valence-electron chi connectivity index (χ4n) is 1.66. The molecule has 1 aromatic carbocycles. The van der Waals surface area contributed by atoms with Crippen molar-refractivity contribution in [1.82, 2.24) is 5.32 Å². The van der Waals surface area contributed by atoms with Gasteiger partial charge in [0.25, 0.3) is 0 Å². The second-order valence-electron chi connectivity index (χ2n) is 5.54. The number of aliphatic carboxylic acids is 1. The molecule has 2 N–H and O–H groups in total. The highest BCUT2D eigenvalue weighted by molar-refractivity contribution is 6.32. The summed E-state index contributed by atoms with van der Waals surface area (Å²) in [5.74, 6) is -2.50. The number of carbonyl (C=O) groups excluding carboxylic acids is 2. The summed E-state index contributed by atoms with van der Waals surface area (Å²) in [7, 11) is 0. The third-order valence-corrected chi connectivity index (χ3v) is 2.52. The normalized spacial score (nSPS) is 12.3. The summed E-state index contributed by atoms with van der Waals surface area (Å²) in [6.07, 6.45) is -1.03. The Kier molecular flexibility index (Phi) is 5.46. The lowest BCUT2D eigenvalue weighted by Crippen LogP contribution is -2.36. The minimum absolute atomic E-state index is 0.335. The summed E-state index contributed by atoms with van der Waals surface area (Å²) in [5.41, 5.74) is -0.0414. The van der Waals surface area contributed by atoms with Crippen molar-refractivity contribution in [2.45, 2.75) is 38.8 Å². The van der Waals surface area contributed by atoms with E-state index >= 15 is 0 Å². The standard InChI is InChI=1S/C15H19NO5/c1-15(2,3)21-14(20)16-11(9-12(17)13(18)19)10-7-5-4-6-8-10/h4-8,11H,9H2,1-3H3,(H,16,20)(H,18,19)/t11-/m0/s1. The van der Waals surface area contributed by atoms with E-state index in [9.17, 15) is 14.4 Å². The SMILES string of the molecule is CC(C)(C)OC(=O)N[C@@H](CC(=O)C(=O)O)c1ccccc1. The van der Waals surface area contributed by atoms with E-state index in [4.69, 9.17) is 9.84 Å². The molecular formula is C15H19NO5. The zero-order valence-electron chi connectivity index (χ0n) is 12.3. The molecule has 0 aliphatic rings. The van der Waals surface area contributed by atoms with Crippen LogP contribution in [0.5, 0.6) is 0 Å². The molecule has 0 saturated carbocycles. The lowest BCUT2D eigenvalue weighted by Gasteiger charge is -2.23. The number of Topliss-reactive ketones (excluding diaryl/α,β-unsaturated/α-hetero) is 1. The number of ether oxygens (including phenoxy) is 1. The fourth-order valence-corrected chi connectivity index (χ4v) is 1.66. The van der Waals surface area contributed by atoms with Gasteiger partial charge in [-0.2, -0.15) is 0 Å². The van der Waals surface area contributed by atoms with E-state index in [-0.39, 0.29) is 6.42 Å². The maximum Gasteiger partial charge on any atom is 0.408 e. The smallest absolute Gasteiger partial charge is 0.408 e. The molecule has 0 spiro atoms. The van der Waals surface area contributed by atoms with Crippen molar-refractivity contribution in [3.63, 3.8) is 0 Å². The van der Waals surface area contributed by atoms with E-state index in [1.54, 1.807) is 51.1 Å². The molecule has 114 valence electrons. The monoisotopic (exact) mass is 293 g/mol. The van der Waals surface area contributed by atoms with Gasteiger partial charge in [-0.3, -0.25) is 4.79 Å². The molecule has 0 saturated heterocycles. The average Bonchev–Trinajstić information content (AvgIpc) is 2.36. The van der Waals surface area contributed by atoms with E-state index in [1.165, 1.54) is 0 Å². The number of carboxylic acid groups (broad SMARTS) is 1. The molecular weight excluding hydrogens is 274 g/mol. The Morgan fingerprint density at radius 3 is 2.24 bits per heavy atom. The lowest BCUT2D eigenvalue weighted by molar-refractivity contribution is -0.149. The predicted molar refractivity (Wildman–Crippen MR) is 75.8 cm³/mol. The molecule has 6 heteroatoms. The Morgan fingerprint density at radius 1 is 1.19 bits per heavy atom. The van der Waals surface area contributed by atoms with Crippen LogP contribution in [0.3, 0.4) is 0 Å². The van der Waals surface area contributed by atoms with Gasteiger partial charge in [-0.15, -0.1) is 0 Å². The van der Waals surface area contributed by atoms with Crippen molar-refractivity contribution in [3.8, 4) is 0 Å². The van der Waals surface area contributed by atoms with Crippen LogP contribution in [-0.2, 0) is 14.3 Å². The van der Waals surface area contributed by atoms with E-state index in [0.29, 0.717) is 5.56 Å². The van der Waals surface area contributed by atoms with Gasteiger partial charge >= 0.3 is 12.1 Å². The summed E-state index contributed by atoms with van der Waals surface area (Å²) in [6, 6.07) is 7.93. The van der Waals surface area contributed by atoms with Crippen LogP contribution in [0.2, 0.25) is 0 Å². The Bertz CT molecular complexity index is 519. The van der Waals surface area contributed by atoms with Gasteiger partial charge in [-0.25, -0.2) is 9.59 Å². The van der Waals surface area contributed by atoms with Crippen LogP contribution in [0.1, 0.15) is 38.8 Å². The Balaban J connectivity index is 2.85. The number of alkyl carbamates (subject to hydrolysis) is 1. The van der Waals surface area contributed by atoms with Crippen molar-refractivity contribution >= 4 is 17.8 Å². The average molecular weight is 293 g/mol. The molecule has 0 bridgehead atoms. The van der Waals surface area contributed by atoms with Gasteiger partial charge in [0.1, 0.15) is 5.60 Å². The zero-order chi connectivity index (χ0) is 16.0. The van der Waals surface area contributed by atoms with Crippen LogP contribution in [0, 0.1) is 0 Å². The van der Waals surface area contributed by atoms with Gasteiger partial charge in [0.2, 0.25) is 5.78 Å². The molecule has 0 unspecified atom stereocenters. The van der Waals surface area contributed by atoms with Crippen molar-refractivity contribution in [1.29, 1.82) is 0 Å². The van der Waals surface area contributed by atoms with Crippen LogP contribution in [0.25, 0.3) is 0 Å². The van der Waals surface area contributed by atoms with Crippen molar-refractivity contribution < 1.29 is 24.2 Å². The Morgan fingerprint density at radius 2 is 1.76 bits per heavy atom. The second kappa shape index (κ2) is 6.88. The quantitative estimate of drug-likeness (QED) is 0.812. The number of amides is 1. The third kappa shape index (κ3) is 6.07. The van der Waals surface area contributed by atoms with Crippen molar-refractivity contribution in [2.75, 3.05) is 0 Å². The summed E-state index contributed by atoms with van der Waals surface area (Å²) in [5, 5.41) is 11.2. The predicted octanol–water partition coefficient (Wildman–Crippen LogP) is 2.30. The van der Waals surface area contributed by atoms with Gasteiger partial charge in [-0.05, 0) is 26.3 Å². The van der Waals surface area contributed by atoms with Crippen molar-refractivity contribution in [3.05, 3.63) is 35.9 Å². The molecule has 0 fully saturated rings. The molecule has 0 heterocycles. The van der Waals surface area contributed by atoms with E-state index in [2.05, 4.69) is 5.32 Å². The maximum absolute atomic E-state index is 11.8. The Hall–Kier alpha value is -2.37. The Labute approximate surface area is 123 Å². The van der Waals surface area contributed by atoms with Crippen LogP contribution in [0.4, 0.5) is 4.79 Å². The number of nitrogens with one attached hydrogen (secondary N) is 1. The first-order valence-electron chi connectivity index (χ1n) is 6.49. The first kappa shape index (κ1) is 16.7. The van der Waals surface area contributed by atoms with Gasteiger partial charge < -0.3 is 15.2 Å². The van der Waals surface area contributed by atoms with Crippen molar-refractivity contribution in [2.24, 2.45) is 0 Å². The highest BCUT2D eigenvalue weighted by atomic mass is 16.6. The van der Waals surface area contributed by atoms with Gasteiger partial charge in [0.15, 0.2) is 0 Å². The number of rotatable bonds is 5. The number of carboxylic acids is 1. The highest BCUT2D eigenvalue weighted by Gasteiger charge is 2.24. The topological polar surface area (TPSA) is 92.7 Å². The molecule has 0 radical (unpaired) electrons. The number of carbonyl (C=O) groups is 3. The number of hydrogen-bond acceptors (Lipinski definition) is 4. The summed E-state index contributed by atoms with van der Waals surface area (Å²) < 4.78 is 5.12. The first-order valence-corrected chi connectivity index (χ1v) is 6.49. The first-order chi connectivity index (χ1) is 9.69. The molecule has 0 aliphatic heterocycles. The third-order valence-electron chi connectivity index (χ3n) is 2.52. The molecule has 1 aromatic rings. The second-order valence-corrected chi connectivity index (χ2v) is 5.54. The molecule has 21 heavy (non-hydrogen) atoms. The van der Waals surface area contributed by atoms with Crippen LogP contribution in [-0.4, -0.2) is 28.6 Å². The summed E-state index contributed by atoms with van der Waals surface area (Å²) in [6.45, 7) is 5.14. The molecule has 1 atom stereocenters. The largest absolute Gasteiger partial charge is 0.475 e. The molecule has 6 nitrogen and oxygen atoms in total. The minimum Gasteiger partial charge on any atom is -0.475 e. The number of benzene rings is 1. The van der Waals surface area contributed by atoms with Crippen LogP contribution < -0.4 is 5.32 Å². The van der Waals surface area contributed by atoms with Crippen LogP contribution >= 0.6 is 0 Å². The van der Waals surface area contributed by atoms with Gasteiger partial charge in [0, 0.05) is 6.42 Å². The van der Waals surface area contributed by atoms with Gasteiger partial charge in [0.05, 0.1) is 6.04 Å². The maximum atomic E-state index is 11.8. The zero-order valence-corrected chi connectivity index (χ0v) is 12.3. The molecule has 1 amide bonds. The van der Waals surface area contributed by atoms with E-state index in [0.717, 1.165) is 0 Å². The van der Waals surface area contributed by atoms with Crippen LogP contribution in [0.15, 0.2) is 30.3 Å². The molecule has 0 aliphatic carbocycles. The highest BCUT2D eigenvalue weighted by Crippen LogP contribution is 2.18. The fraction of sp³-hybridized carbons (Fsp3) is 0.400. The number of hydrogen-bond donors (Lipinski definition) is 2. The van der Waals surface area contributed by atoms with E-state index < -0.39 is 29.5 Å². The summed E-state index contributed by atoms with van der Waals surface area (Å²) >= 11 is 0. The van der Waals surface area contributed by atoms with Gasteiger partial charge in [-0.1, -0.05) is 30.3 Å². The molecule has 1 rings (SSSR count).